The third-order valence-electron chi connectivity index (χ3n) is 7.78. The Morgan fingerprint density at radius 2 is 1.58 bits per heavy atom. The molecule has 3 aromatic heterocycles. The van der Waals surface area contributed by atoms with Gasteiger partial charge in [0.25, 0.3) is 10.0 Å². The first-order chi connectivity index (χ1) is 30.5. The van der Waals surface area contributed by atoms with Crippen LogP contribution in [0.3, 0.4) is 0 Å². The Hall–Kier alpha value is -6.75. The van der Waals surface area contributed by atoms with E-state index in [1.165, 1.54) is 25.2 Å². The summed E-state index contributed by atoms with van der Waals surface area (Å²) >= 11 is 18.3. The lowest BCUT2D eigenvalue weighted by Gasteiger charge is -2.13. The minimum Gasteiger partial charge on any atom is -0.489 e. The molecule has 5 N–H and O–H groups in total. The molecule has 65 heavy (non-hydrogen) atoms. The van der Waals surface area contributed by atoms with E-state index in [1.54, 1.807) is 48.2 Å². The Morgan fingerprint density at radius 1 is 0.892 bits per heavy atom. The molecule has 0 radical (unpaired) electrons. The Morgan fingerprint density at radius 3 is 2.20 bits per heavy atom. The first-order valence-electron chi connectivity index (χ1n) is 18.9. The number of ether oxygens (including phenoxy) is 3. The summed E-state index contributed by atoms with van der Waals surface area (Å²) in [4.78, 5) is 60.8. The summed E-state index contributed by atoms with van der Waals surface area (Å²) in [5, 5.41) is 28.6. The number of nitrogens with one attached hydrogen (secondary N) is 3. The van der Waals surface area contributed by atoms with Crippen LogP contribution in [0.4, 0.5) is 16.7 Å². The number of hydrogen-bond donors (Lipinski definition) is 5. The molecule has 0 aliphatic heterocycles. The molecule has 25 heteroatoms. The average Bonchev–Trinajstić information content (AvgIpc) is 3.63. The quantitative estimate of drug-likeness (QED) is 0.0772. The third-order valence-corrected chi connectivity index (χ3v) is 10.1. The van der Waals surface area contributed by atoms with E-state index < -0.39 is 50.8 Å². The number of fused-ring (bicyclic) bond motifs is 1. The largest absolute Gasteiger partial charge is 0.489 e. The second-order valence-corrected chi connectivity index (χ2v) is 17.0. The summed E-state index contributed by atoms with van der Waals surface area (Å²) in [5.41, 5.74) is 0.0666. The third kappa shape index (κ3) is 14.1. The molecule has 0 aliphatic carbocycles. The minimum atomic E-state index is -4.45. The number of aromatic carboxylic acids is 1. The van der Waals surface area contributed by atoms with Crippen LogP contribution in [0, 0.1) is 0 Å². The highest BCUT2D eigenvalue weighted by atomic mass is 35.5. The minimum absolute atomic E-state index is 0.0642. The van der Waals surface area contributed by atoms with E-state index >= 15 is 0 Å². The van der Waals surface area contributed by atoms with Crippen LogP contribution >= 0.6 is 34.8 Å². The number of sulfonamides is 1. The predicted octanol–water partition coefficient (Wildman–Crippen LogP) is 7.09. The summed E-state index contributed by atoms with van der Waals surface area (Å²) in [7, 11) is -2.92. The fourth-order valence-electron chi connectivity index (χ4n) is 5.03. The van der Waals surface area contributed by atoms with Gasteiger partial charge in [-0.3, -0.25) is 10.3 Å². The van der Waals surface area contributed by atoms with Gasteiger partial charge in [0.05, 0.1) is 39.0 Å². The number of anilines is 2. The molecule has 346 valence electrons. The van der Waals surface area contributed by atoms with Crippen molar-refractivity contribution in [3.05, 3.63) is 104 Å². The van der Waals surface area contributed by atoms with E-state index in [0.29, 0.717) is 38.6 Å². The lowest BCUT2D eigenvalue weighted by atomic mass is 9.97. The van der Waals surface area contributed by atoms with Crippen LogP contribution in [0.15, 0.2) is 81.0 Å². The molecule has 0 atom stereocenters. The molecule has 3 aromatic carbocycles. The molecular formula is C40H42Cl3N9O12S. The van der Waals surface area contributed by atoms with E-state index in [0.717, 1.165) is 22.2 Å². The number of benzene rings is 3. The van der Waals surface area contributed by atoms with Crippen molar-refractivity contribution in [2.45, 2.75) is 58.0 Å². The molecule has 0 spiro atoms. The van der Waals surface area contributed by atoms with Crippen molar-refractivity contribution >= 4 is 85.6 Å². The number of aromatic nitrogens is 6. The summed E-state index contributed by atoms with van der Waals surface area (Å²) in [6, 6.07) is 13.5. The van der Waals surface area contributed by atoms with Crippen molar-refractivity contribution in [2.24, 2.45) is 0 Å². The average molecular weight is 979 g/mol. The summed E-state index contributed by atoms with van der Waals surface area (Å²) in [6.45, 7) is 11.0. The number of rotatable bonds is 13. The first kappa shape index (κ1) is 50.9. The number of hydrogen-bond acceptors (Lipinski definition) is 16. The second-order valence-electron chi connectivity index (χ2n) is 14.2. The van der Waals surface area contributed by atoms with Gasteiger partial charge in [-0.2, -0.15) is 19.6 Å². The van der Waals surface area contributed by atoms with Gasteiger partial charge in [-0.05, 0) is 63.2 Å². The van der Waals surface area contributed by atoms with Crippen LogP contribution in [0.25, 0.3) is 16.6 Å². The Kier molecular flexibility index (Phi) is 17.4. The van der Waals surface area contributed by atoms with Crippen molar-refractivity contribution in [3.63, 3.8) is 0 Å². The van der Waals surface area contributed by atoms with E-state index in [4.69, 9.17) is 63.6 Å². The maximum absolute atomic E-state index is 12.3. The van der Waals surface area contributed by atoms with Crippen LogP contribution in [0.2, 0.25) is 15.1 Å². The fourth-order valence-corrected chi connectivity index (χ4v) is 6.86. The lowest BCUT2D eigenvalue weighted by Crippen LogP contribution is -2.35. The fraction of sp³-hybridized carbons (Fsp3) is 0.275. The topological polar surface area (TPSA) is 289 Å². The Balaban J connectivity index is 0.000000220. The molecule has 0 aliphatic rings. The van der Waals surface area contributed by atoms with Crippen molar-refractivity contribution in [2.75, 3.05) is 30.9 Å². The number of urea groups is 1. The van der Waals surface area contributed by atoms with Crippen molar-refractivity contribution in [1.82, 2.24) is 34.4 Å². The predicted molar refractivity (Wildman–Crippen MR) is 240 cm³/mol. The summed E-state index contributed by atoms with van der Waals surface area (Å²) < 4.78 is 48.5. The highest BCUT2D eigenvalue weighted by Crippen LogP contribution is 2.34. The molecule has 0 fully saturated rings. The van der Waals surface area contributed by atoms with Crippen molar-refractivity contribution in [1.29, 1.82) is 0 Å². The number of halogens is 3. The zero-order valence-electron chi connectivity index (χ0n) is 35.5. The highest BCUT2D eigenvalue weighted by molar-refractivity contribution is 7.90. The van der Waals surface area contributed by atoms with Gasteiger partial charge in [0, 0.05) is 30.1 Å². The number of nitrogens with zero attached hydrogens (tertiary/aromatic N) is 6. The molecule has 6 rings (SSSR count). The maximum Gasteiger partial charge on any atom is 0.442 e. The van der Waals surface area contributed by atoms with Gasteiger partial charge < -0.3 is 34.2 Å². The molecule has 0 saturated heterocycles. The van der Waals surface area contributed by atoms with Gasteiger partial charge in [0.15, 0.2) is 6.61 Å². The Bertz CT molecular complexity index is 2850. The van der Waals surface area contributed by atoms with Crippen LogP contribution < -0.4 is 35.3 Å². The number of carbonyl (C=O) groups is 3. The monoisotopic (exact) mass is 977 g/mol. The van der Waals surface area contributed by atoms with E-state index in [9.17, 15) is 27.6 Å². The summed E-state index contributed by atoms with van der Waals surface area (Å²) in [5.74, 6) is -2.09. The van der Waals surface area contributed by atoms with Crippen molar-refractivity contribution in [3.8, 4) is 23.2 Å². The highest BCUT2D eigenvalue weighted by Gasteiger charge is 2.26. The van der Waals surface area contributed by atoms with E-state index in [1.807, 2.05) is 34.6 Å². The molecule has 2 amide bonds. The van der Waals surface area contributed by atoms with Gasteiger partial charge in [0.1, 0.15) is 21.9 Å². The molecule has 0 bridgehead atoms. The molecular weight excluding hydrogens is 937 g/mol. The number of aliphatic carboxylic acids is 1. The SMILES string of the molecule is CC(C)Oc1cc(-n2nc(C(C)(C)C)oc2=O)c(Cl)cc1Cl.CCOc1nc(NC)nc(NC(=O)NS(=O)(=O)c2ccccc2C(=O)O)n1.O=C(O)COc1ccc(Cl)c2cccnc12. The van der Waals surface area contributed by atoms with Crippen LogP contribution in [-0.4, -0.2) is 92.7 Å². The molecule has 6 aromatic rings. The van der Waals surface area contributed by atoms with E-state index in [2.05, 4.69) is 35.7 Å². The normalized spacial score (nSPS) is 11.1. The van der Waals surface area contributed by atoms with Gasteiger partial charge in [-0.15, -0.1) is 5.10 Å². The standard InChI is InChI=1S/C15H18Cl2N2O3.C14H16N6O6S.C11H8ClNO3/c1-8(2)21-12-7-11(9(16)6-10(12)17)19-14(20)22-13(18-19)15(3,4)5;1-3-26-14-18-11(15-2)16-12(19-14)17-13(23)20-27(24,25)9-7-5-4-6-8(9)10(21)22;12-8-3-4-9(16-6-10(14)15)11-7(8)2-1-5-13-11/h6-8H,1-5H3;4-7H,3H2,1-2H3,(H,21,22)(H3,15,16,17,18,19,20,23);1-5H,6H2,(H,14,15). The van der Waals surface area contributed by atoms with Gasteiger partial charge >= 0.3 is 29.7 Å². The van der Waals surface area contributed by atoms with E-state index in [-0.39, 0.29) is 41.1 Å². The lowest BCUT2D eigenvalue weighted by molar-refractivity contribution is -0.139. The van der Waals surface area contributed by atoms with Gasteiger partial charge in [-0.25, -0.2) is 32.3 Å². The van der Waals surface area contributed by atoms with Crippen LogP contribution in [0.1, 0.15) is 57.8 Å². The maximum atomic E-state index is 12.3. The number of pyridine rings is 1. The number of carbonyl (C=O) groups excluding carboxylic acids is 1. The molecule has 3 heterocycles. The smallest absolute Gasteiger partial charge is 0.442 e. The van der Waals surface area contributed by atoms with Crippen molar-refractivity contribution < 1.29 is 51.6 Å². The molecule has 21 nitrogen and oxygen atoms in total. The zero-order chi connectivity index (χ0) is 48.2. The van der Waals surface area contributed by atoms with Gasteiger partial charge in [-0.1, -0.05) is 67.7 Å². The summed E-state index contributed by atoms with van der Waals surface area (Å²) in [6.07, 6.45) is 1.54. The zero-order valence-corrected chi connectivity index (χ0v) is 38.6. The Labute approximate surface area is 386 Å². The second kappa shape index (κ2) is 22.2. The number of amides is 2. The van der Waals surface area contributed by atoms with Crippen LogP contribution in [-0.2, 0) is 20.2 Å². The first-order valence-corrected chi connectivity index (χ1v) is 21.5. The molecule has 0 unspecified atom stereocenters. The number of carboxylic acids is 2. The molecule has 0 saturated carbocycles. The number of carboxylic acid groups (broad SMARTS) is 2. The van der Waals surface area contributed by atoms with Gasteiger partial charge in [0.2, 0.25) is 17.8 Å². The van der Waals surface area contributed by atoms with Crippen LogP contribution in [0.5, 0.6) is 17.5 Å².